The molecule has 1 aromatic heterocycles. The summed E-state index contributed by atoms with van der Waals surface area (Å²) >= 11 is 0. The second-order valence-corrected chi connectivity index (χ2v) is 10.2. The average Bonchev–Trinajstić information content (AvgIpc) is 2.94. The predicted molar refractivity (Wildman–Crippen MR) is 148 cm³/mol. The summed E-state index contributed by atoms with van der Waals surface area (Å²) in [7, 11) is 0. The van der Waals surface area contributed by atoms with Crippen LogP contribution in [0.4, 0.5) is 4.79 Å². The molecule has 11 nitrogen and oxygen atoms in total. The summed E-state index contributed by atoms with van der Waals surface area (Å²) in [6.07, 6.45) is -0.176. The molecule has 0 saturated carbocycles. The minimum absolute atomic E-state index is 0.0622. The van der Waals surface area contributed by atoms with Crippen molar-refractivity contribution in [3.05, 3.63) is 53.7 Å². The van der Waals surface area contributed by atoms with Crippen molar-refractivity contribution < 1.29 is 33.8 Å². The van der Waals surface area contributed by atoms with Gasteiger partial charge in [0.2, 0.25) is 0 Å². The molecule has 0 spiro atoms. The van der Waals surface area contributed by atoms with Crippen LogP contribution >= 0.6 is 0 Å². The number of ether oxygens (including phenoxy) is 2. The maximum Gasteiger partial charge on any atom is 0.417 e. The number of carboxylic acids is 1. The second-order valence-electron chi connectivity index (χ2n) is 10.2. The van der Waals surface area contributed by atoms with Crippen LogP contribution in [0.5, 0.6) is 0 Å². The highest BCUT2D eigenvalue weighted by atomic mass is 16.6. The number of amides is 2. The monoisotopic (exact) mass is 554 g/mol. The van der Waals surface area contributed by atoms with Crippen LogP contribution in [0.15, 0.2) is 42.5 Å². The number of hydrogen-bond acceptors (Lipinski definition) is 8. The van der Waals surface area contributed by atoms with Crippen LogP contribution < -0.4 is 10.6 Å². The van der Waals surface area contributed by atoms with E-state index in [4.69, 9.17) is 9.47 Å². The summed E-state index contributed by atoms with van der Waals surface area (Å²) in [6, 6.07) is 11.6. The number of aliphatic carboxylic acids is 1. The summed E-state index contributed by atoms with van der Waals surface area (Å²) in [6.45, 7) is 8.40. The fourth-order valence-electron chi connectivity index (χ4n) is 4.33. The third-order valence-electron chi connectivity index (χ3n) is 6.54. The van der Waals surface area contributed by atoms with Crippen molar-refractivity contribution in [2.45, 2.75) is 58.1 Å². The molecule has 1 saturated heterocycles. The molecule has 1 fully saturated rings. The van der Waals surface area contributed by atoms with Crippen molar-refractivity contribution >= 4 is 23.9 Å². The van der Waals surface area contributed by atoms with Crippen molar-refractivity contribution in [3.63, 3.8) is 0 Å². The number of pyridine rings is 1. The van der Waals surface area contributed by atoms with Crippen LogP contribution in [0.1, 0.15) is 56.1 Å². The molecule has 1 aliphatic rings. The van der Waals surface area contributed by atoms with Crippen molar-refractivity contribution in [1.29, 1.82) is 0 Å². The van der Waals surface area contributed by atoms with Gasteiger partial charge in [0.1, 0.15) is 11.7 Å². The molecule has 0 aliphatic carbocycles. The van der Waals surface area contributed by atoms with Gasteiger partial charge in [-0.2, -0.15) is 0 Å². The Kier molecular flexibility index (Phi) is 11.2. The van der Waals surface area contributed by atoms with Gasteiger partial charge in [0, 0.05) is 44.8 Å². The topological polar surface area (TPSA) is 147 Å². The smallest absolute Gasteiger partial charge is 0.417 e. The molecule has 1 aliphatic heterocycles. The van der Waals surface area contributed by atoms with Gasteiger partial charge in [0.25, 0.3) is 5.91 Å². The van der Waals surface area contributed by atoms with Gasteiger partial charge >= 0.3 is 18.0 Å². The number of hydrogen-bond donors (Lipinski definition) is 3. The van der Waals surface area contributed by atoms with Gasteiger partial charge in [-0.05, 0) is 57.7 Å². The standard InChI is InChI=1S/C29H38N4O7/c1-4-39-29(2,3)13-12-20-18-23(21-8-6-5-7-9-21)31-24(19-20)26(36)32-22(10-11-25(34)35)27(37)40-28(38)33-16-14-30-15-17-33/h5-9,18-19,22,30H,4,10-17H2,1-3H3,(H,32,36)(H,34,35). The summed E-state index contributed by atoms with van der Waals surface area (Å²) in [5.41, 5.74) is 1.94. The Balaban J connectivity index is 1.83. The summed E-state index contributed by atoms with van der Waals surface area (Å²) in [5.74, 6) is -2.84. The lowest BCUT2D eigenvalue weighted by atomic mass is 9.97. The number of esters is 1. The number of rotatable bonds is 12. The number of carbonyl (C=O) groups excluding carboxylic acids is 3. The molecule has 0 bridgehead atoms. The van der Waals surface area contributed by atoms with Gasteiger partial charge < -0.3 is 30.1 Å². The second kappa shape index (κ2) is 14.5. The van der Waals surface area contributed by atoms with Crippen molar-refractivity contribution in [2.75, 3.05) is 32.8 Å². The Bertz CT molecular complexity index is 1180. The first-order valence-corrected chi connectivity index (χ1v) is 13.5. The van der Waals surface area contributed by atoms with Gasteiger partial charge in [0.15, 0.2) is 0 Å². The Labute approximate surface area is 234 Å². The van der Waals surface area contributed by atoms with Crippen LogP contribution in [-0.4, -0.2) is 83.4 Å². The zero-order valence-electron chi connectivity index (χ0n) is 23.3. The van der Waals surface area contributed by atoms with E-state index >= 15 is 0 Å². The maximum atomic E-state index is 13.4. The van der Waals surface area contributed by atoms with Crippen LogP contribution in [0, 0.1) is 0 Å². The molecule has 1 atom stereocenters. The minimum Gasteiger partial charge on any atom is -0.481 e. The van der Waals surface area contributed by atoms with E-state index in [1.807, 2.05) is 57.2 Å². The quantitative estimate of drug-likeness (QED) is 0.266. The molecule has 40 heavy (non-hydrogen) atoms. The summed E-state index contributed by atoms with van der Waals surface area (Å²) < 4.78 is 10.8. The average molecular weight is 555 g/mol. The lowest BCUT2D eigenvalue weighted by Gasteiger charge is -2.26. The number of aryl methyl sites for hydroxylation is 1. The molecule has 3 rings (SSSR count). The number of aromatic nitrogens is 1. The predicted octanol–water partition coefficient (Wildman–Crippen LogP) is 3.03. The molecular formula is C29H38N4O7. The normalized spacial score (nSPS) is 14.3. The zero-order valence-corrected chi connectivity index (χ0v) is 23.3. The van der Waals surface area contributed by atoms with E-state index in [0.29, 0.717) is 51.3 Å². The molecule has 1 unspecified atom stereocenters. The molecular weight excluding hydrogens is 516 g/mol. The van der Waals surface area contributed by atoms with Crippen LogP contribution in [0.25, 0.3) is 11.3 Å². The summed E-state index contributed by atoms with van der Waals surface area (Å²) in [4.78, 5) is 55.8. The number of carboxylic acid groups (broad SMARTS) is 1. The highest BCUT2D eigenvalue weighted by Crippen LogP contribution is 2.23. The van der Waals surface area contributed by atoms with E-state index in [1.165, 1.54) is 4.90 Å². The fourth-order valence-corrected chi connectivity index (χ4v) is 4.33. The SMILES string of the molecule is CCOC(C)(C)CCc1cc(C(=O)NC(CCC(=O)O)C(=O)OC(=O)N2CCNCC2)nc(-c2ccccc2)c1. The maximum absolute atomic E-state index is 13.4. The van der Waals surface area contributed by atoms with Crippen molar-refractivity contribution in [1.82, 2.24) is 20.5 Å². The van der Waals surface area contributed by atoms with E-state index in [9.17, 15) is 24.3 Å². The molecule has 2 amide bonds. The first-order chi connectivity index (χ1) is 19.1. The largest absolute Gasteiger partial charge is 0.481 e. The number of nitrogens with one attached hydrogen (secondary N) is 2. The van der Waals surface area contributed by atoms with E-state index < -0.39 is 36.4 Å². The Morgan fingerprint density at radius 1 is 1.12 bits per heavy atom. The van der Waals surface area contributed by atoms with Crippen LogP contribution in [-0.2, 0) is 25.5 Å². The van der Waals surface area contributed by atoms with Gasteiger partial charge in [-0.15, -0.1) is 0 Å². The zero-order chi connectivity index (χ0) is 29.1. The molecule has 1 aromatic carbocycles. The molecule has 2 aromatic rings. The minimum atomic E-state index is -1.35. The molecule has 0 radical (unpaired) electrons. The molecule has 216 valence electrons. The van der Waals surface area contributed by atoms with Gasteiger partial charge in [-0.25, -0.2) is 14.6 Å². The van der Waals surface area contributed by atoms with E-state index in [1.54, 1.807) is 6.07 Å². The molecule has 3 N–H and O–H groups in total. The number of nitrogens with zero attached hydrogens (tertiary/aromatic N) is 2. The van der Waals surface area contributed by atoms with Gasteiger partial charge in [-0.1, -0.05) is 30.3 Å². The third-order valence-corrected chi connectivity index (χ3v) is 6.54. The number of carbonyl (C=O) groups is 4. The molecule has 2 heterocycles. The van der Waals surface area contributed by atoms with Crippen molar-refractivity contribution in [3.8, 4) is 11.3 Å². The summed E-state index contributed by atoms with van der Waals surface area (Å²) in [5, 5.41) is 14.8. The Hall–Kier alpha value is -3.83. The first-order valence-electron chi connectivity index (χ1n) is 13.5. The fraction of sp³-hybridized carbons (Fsp3) is 0.483. The Morgan fingerprint density at radius 2 is 1.82 bits per heavy atom. The Morgan fingerprint density at radius 3 is 2.48 bits per heavy atom. The van der Waals surface area contributed by atoms with Crippen LogP contribution in [0.2, 0.25) is 0 Å². The number of benzene rings is 1. The van der Waals surface area contributed by atoms with E-state index in [2.05, 4.69) is 15.6 Å². The lowest BCUT2D eigenvalue weighted by molar-refractivity contribution is -0.141. The van der Waals surface area contributed by atoms with E-state index in [0.717, 1.165) is 11.1 Å². The van der Waals surface area contributed by atoms with Gasteiger partial charge in [0.05, 0.1) is 11.3 Å². The van der Waals surface area contributed by atoms with Crippen molar-refractivity contribution in [2.24, 2.45) is 0 Å². The first kappa shape index (κ1) is 30.7. The lowest BCUT2D eigenvalue weighted by Crippen LogP contribution is -2.49. The van der Waals surface area contributed by atoms with E-state index in [-0.39, 0.29) is 17.7 Å². The third kappa shape index (κ3) is 9.42. The molecule has 11 heteroatoms. The highest BCUT2D eigenvalue weighted by Gasteiger charge is 2.29. The highest BCUT2D eigenvalue weighted by molar-refractivity contribution is 5.97. The van der Waals surface area contributed by atoms with Crippen LogP contribution in [0.3, 0.4) is 0 Å². The number of piperazine rings is 1. The van der Waals surface area contributed by atoms with Gasteiger partial charge in [-0.3, -0.25) is 9.59 Å².